The summed E-state index contributed by atoms with van der Waals surface area (Å²) in [4.78, 5) is 23.4. The molecule has 0 aromatic carbocycles. The van der Waals surface area contributed by atoms with Crippen LogP contribution in [0.15, 0.2) is 0 Å². The van der Waals surface area contributed by atoms with Crippen LogP contribution in [0.2, 0.25) is 0 Å². The molecule has 0 heterocycles. The zero-order valence-corrected chi connectivity index (χ0v) is 12.0. The molecule has 2 N–H and O–H groups in total. The number of nitrogens with one attached hydrogen (secondary N) is 1. The van der Waals surface area contributed by atoms with Gasteiger partial charge in [-0.15, -0.1) is 0 Å². The monoisotopic (exact) mass is 283 g/mol. The maximum atomic E-state index is 12.2. The molecule has 5 heteroatoms. The molecule has 3 aliphatic carbocycles. The number of carboxylic acids is 1. The van der Waals surface area contributed by atoms with E-state index in [2.05, 4.69) is 5.32 Å². The van der Waals surface area contributed by atoms with E-state index in [1.807, 2.05) is 6.26 Å². The van der Waals surface area contributed by atoms with Crippen molar-refractivity contribution in [1.82, 2.24) is 5.32 Å². The van der Waals surface area contributed by atoms with Gasteiger partial charge in [0, 0.05) is 5.92 Å². The van der Waals surface area contributed by atoms with Crippen molar-refractivity contribution in [3.63, 3.8) is 0 Å². The lowest BCUT2D eigenvalue weighted by Gasteiger charge is -2.15. The molecule has 2 bridgehead atoms. The van der Waals surface area contributed by atoms with Gasteiger partial charge in [-0.2, -0.15) is 11.8 Å². The summed E-state index contributed by atoms with van der Waals surface area (Å²) in [5.74, 6) is 2.64. The van der Waals surface area contributed by atoms with Gasteiger partial charge in [0.05, 0.1) is 0 Å². The van der Waals surface area contributed by atoms with E-state index in [1.165, 1.54) is 19.3 Å². The van der Waals surface area contributed by atoms with Crippen molar-refractivity contribution in [3.05, 3.63) is 0 Å². The van der Waals surface area contributed by atoms with Gasteiger partial charge in [0.1, 0.15) is 6.04 Å². The first-order valence-corrected chi connectivity index (χ1v) is 8.55. The zero-order valence-electron chi connectivity index (χ0n) is 11.2. The van der Waals surface area contributed by atoms with Gasteiger partial charge in [-0.1, -0.05) is 0 Å². The number of carbonyl (C=O) groups excluding carboxylic acids is 1. The maximum Gasteiger partial charge on any atom is 0.326 e. The molecule has 0 spiro atoms. The highest BCUT2D eigenvalue weighted by atomic mass is 32.2. The summed E-state index contributed by atoms with van der Waals surface area (Å²) >= 11 is 1.61. The van der Waals surface area contributed by atoms with Crippen LogP contribution in [0.25, 0.3) is 0 Å². The second-order valence-corrected chi connectivity index (χ2v) is 7.18. The average Bonchev–Trinajstić information content (AvgIpc) is 2.83. The van der Waals surface area contributed by atoms with Crippen LogP contribution in [-0.2, 0) is 9.59 Å². The predicted molar refractivity (Wildman–Crippen MR) is 73.9 cm³/mol. The van der Waals surface area contributed by atoms with Crippen LogP contribution >= 0.6 is 11.8 Å². The van der Waals surface area contributed by atoms with Crippen LogP contribution in [0.3, 0.4) is 0 Å². The molecule has 3 fully saturated rings. The lowest BCUT2D eigenvalue weighted by Crippen LogP contribution is -2.42. The van der Waals surface area contributed by atoms with Crippen molar-refractivity contribution in [3.8, 4) is 0 Å². The zero-order chi connectivity index (χ0) is 13.6. The van der Waals surface area contributed by atoms with Crippen molar-refractivity contribution >= 4 is 23.6 Å². The Morgan fingerprint density at radius 2 is 1.95 bits per heavy atom. The molecule has 1 amide bonds. The number of hydrogen-bond donors (Lipinski definition) is 2. The lowest BCUT2D eigenvalue weighted by molar-refractivity contribution is -0.142. The van der Waals surface area contributed by atoms with Gasteiger partial charge in [-0.3, -0.25) is 4.79 Å². The van der Waals surface area contributed by atoms with Gasteiger partial charge in [0.25, 0.3) is 0 Å². The van der Waals surface area contributed by atoms with Crippen LogP contribution < -0.4 is 5.32 Å². The number of thioether (sulfide) groups is 1. The molecule has 0 radical (unpaired) electrons. The number of hydrogen-bond acceptors (Lipinski definition) is 3. The molecule has 106 valence electrons. The number of amides is 1. The van der Waals surface area contributed by atoms with E-state index < -0.39 is 12.0 Å². The topological polar surface area (TPSA) is 66.4 Å². The van der Waals surface area contributed by atoms with Crippen molar-refractivity contribution < 1.29 is 14.7 Å². The van der Waals surface area contributed by atoms with Crippen LogP contribution in [0.4, 0.5) is 0 Å². The fourth-order valence-electron chi connectivity index (χ4n) is 4.44. The van der Waals surface area contributed by atoms with E-state index in [0.717, 1.165) is 17.6 Å². The van der Waals surface area contributed by atoms with Gasteiger partial charge in [0.2, 0.25) is 5.91 Å². The number of aliphatic carboxylic acids is 1. The van der Waals surface area contributed by atoms with E-state index in [0.29, 0.717) is 18.3 Å². The highest BCUT2D eigenvalue weighted by molar-refractivity contribution is 7.98. The Hall–Kier alpha value is -0.710. The second kappa shape index (κ2) is 5.00. The minimum Gasteiger partial charge on any atom is -0.480 e. The highest BCUT2D eigenvalue weighted by Gasteiger charge is 2.67. The first kappa shape index (κ1) is 13.3. The number of carbonyl (C=O) groups is 2. The van der Waals surface area contributed by atoms with E-state index in [9.17, 15) is 9.59 Å². The summed E-state index contributed by atoms with van der Waals surface area (Å²) in [7, 11) is 0. The van der Waals surface area contributed by atoms with Crippen LogP contribution in [0.5, 0.6) is 0 Å². The largest absolute Gasteiger partial charge is 0.480 e. The highest BCUT2D eigenvalue weighted by Crippen LogP contribution is 2.69. The Kier molecular flexibility index (Phi) is 3.50. The molecule has 0 aromatic heterocycles. The minimum atomic E-state index is -0.906. The summed E-state index contributed by atoms with van der Waals surface area (Å²) in [6, 6.07) is -0.709. The Bertz CT molecular complexity index is 384. The third-order valence-electron chi connectivity index (χ3n) is 5.26. The molecule has 4 nitrogen and oxygen atoms in total. The van der Waals surface area contributed by atoms with Gasteiger partial charge in [-0.25, -0.2) is 4.79 Å². The standard InChI is InChI=1S/C14H21NO3S/c1-19-5-4-9(14(17)18)15-13(16)12-10-7-2-3-8(6-7)11(10)12/h7-12H,2-6H2,1H3,(H,15,16)(H,17,18). The quantitative estimate of drug-likeness (QED) is 0.777. The summed E-state index contributed by atoms with van der Waals surface area (Å²) in [6.07, 6.45) is 6.34. The smallest absolute Gasteiger partial charge is 0.326 e. The molecule has 3 saturated carbocycles. The molecule has 5 unspecified atom stereocenters. The van der Waals surface area contributed by atoms with Crippen molar-refractivity contribution in [2.75, 3.05) is 12.0 Å². The van der Waals surface area contributed by atoms with Gasteiger partial charge in [-0.05, 0) is 61.4 Å². The van der Waals surface area contributed by atoms with Crippen molar-refractivity contribution in [2.24, 2.45) is 29.6 Å². The first-order chi connectivity index (χ1) is 9.13. The fourth-order valence-corrected chi connectivity index (χ4v) is 4.91. The Labute approximate surface area is 117 Å². The second-order valence-electron chi connectivity index (χ2n) is 6.19. The molecule has 3 aliphatic rings. The summed E-state index contributed by atoms with van der Waals surface area (Å²) < 4.78 is 0. The van der Waals surface area contributed by atoms with Crippen LogP contribution in [0, 0.1) is 29.6 Å². The molecule has 0 aromatic rings. The number of fused-ring (bicyclic) bond motifs is 5. The molecule has 0 saturated heterocycles. The third kappa shape index (κ3) is 2.26. The Balaban J connectivity index is 1.55. The van der Waals surface area contributed by atoms with Gasteiger partial charge in [0.15, 0.2) is 0 Å². The normalized spacial score (nSPS) is 39.7. The molecular formula is C14H21NO3S. The van der Waals surface area contributed by atoms with E-state index in [4.69, 9.17) is 5.11 Å². The van der Waals surface area contributed by atoms with Crippen molar-refractivity contribution in [1.29, 1.82) is 0 Å². The minimum absolute atomic E-state index is 0.0000954. The van der Waals surface area contributed by atoms with Gasteiger partial charge < -0.3 is 10.4 Å². The Morgan fingerprint density at radius 1 is 1.32 bits per heavy atom. The Morgan fingerprint density at radius 3 is 2.47 bits per heavy atom. The molecular weight excluding hydrogens is 262 g/mol. The molecule has 5 atom stereocenters. The maximum absolute atomic E-state index is 12.2. The summed E-state index contributed by atoms with van der Waals surface area (Å²) in [5.41, 5.74) is 0. The molecule has 3 rings (SSSR count). The van der Waals surface area contributed by atoms with E-state index in [1.54, 1.807) is 11.8 Å². The van der Waals surface area contributed by atoms with Crippen LogP contribution in [-0.4, -0.2) is 35.0 Å². The SMILES string of the molecule is CSCCC(NC(=O)C1C2C3CCC(C3)C12)C(=O)O. The van der Waals surface area contributed by atoms with E-state index >= 15 is 0 Å². The van der Waals surface area contributed by atoms with Crippen LogP contribution in [0.1, 0.15) is 25.7 Å². The summed E-state index contributed by atoms with van der Waals surface area (Å²) in [5, 5.41) is 11.9. The molecule has 19 heavy (non-hydrogen) atoms. The lowest BCUT2D eigenvalue weighted by atomic mass is 10.0. The predicted octanol–water partition coefficient (Wildman–Crippen LogP) is 1.60. The number of rotatable bonds is 6. The summed E-state index contributed by atoms with van der Waals surface area (Å²) in [6.45, 7) is 0. The average molecular weight is 283 g/mol. The van der Waals surface area contributed by atoms with E-state index in [-0.39, 0.29) is 11.8 Å². The number of carboxylic acid groups (broad SMARTS) is 1. The third-order valence-corrected chi connectivity index (χ3v) is 5.91. The van der Waals surface area contributed by atoms with Gasteiger partial charge >= 0.3 is 5.97 Å². The van der Waals surface area contributed by atoms with Crippen molar-refractivity contribution in [2.45, 2.75) is 31.7 Å². The first-order valence-electron chi connectivity index (χ1n) is 7.15. The molecule has 0 aliphatic heterocycles. The fraction of sp³-hybridized carbons (Fsp3) is 0.857.